The summed E-state index contributed by atoms with van der Waals surface area (Å²) in [6, 6.07) is 3.72. The van der Waals surface area contributed by atoms with Crippen LogP contribution in [0.15, 0.2) is 18.2 Å². The highest BCUT2D eigenvalue weighted by molar-refractivity contribution is 6.69. The molecule has 0 atom stereocenters. The Balaban J connectivity index is 3.23. The van der Waals surface area contributed by atoms with Crippen molar-refractivity contribution in [3.8, 4) is 5.75 Å². The molecule has 0 bridgehead atoms. The van der Waals surface area contributed by atoms with Gasteiger partial charge in [-0.25, -0.2) is 0 Å². The van der Waals surface area contributed by atoms with Crippen LogP contribution in [0, 0.1) is 0 Å². The second kappa shape index (κ2) is 5.09. The van der Waals surface area contributed by atoms with Crippen molar-refractivity contribution < 1.29 is 19.1 Å². The zero-order valence-electron chi connectivity index (χ0n) is 8.12. The maximum atomic E-state index is 10.9. The second-order valence-electron chi connectivity index (χ2n) is 2.89. The van der Waals surface area contributed by atoms with Crippen molar-refractivity contribution >= 4 is 39.7 Å². The van der Waals surface area contributed by atoms with Gasteiger partial charge in [-0.1, -0.05) is 0 Å². The van der Waals surface area contributed by atoms with Gasteiger partial charge in [0.1, 0.15) is 5.75 Å². The van der Waals surface area contributed by atoms with Crippen LogP contribution in [0.4, 0.5) is 0 Å². The fraction of sp³-hybridized carbons (Fsp3) is 0.100. The summed E-state index contributed by atoms with van der Waals surface area (Å²) in [5.74, 6) is -0.532. The van der Waals surface area contributed by atoms with Crippen LogP contribution in [-0.4, -0.2) is 16.5 Å². The third kappa shape index (κ3) is 3.32. The first kappa shape index (κ1) is 12.7. The third-order valence-corrected chi connectivity index (χ3v) is 2.06. The monoisotopic (exact) mass is 260 g/mol. The van der Waals surface area contributed by atoms with Crippen molar-refractivity contribution in [3.05, 3.63) is 29.3 Å². The van der Waals surface area contributed by atoms with E-state index in [4.69, 9.17) is 27.9 Å². The smallest absolute Gasteiger partial charge is 0.308 e. The van der Waals surface area contributed by atoms with Gasteiger partial charge in [0.05, 0.1) is 0 Å². The van der Waals surface area contributed by atoms with Gasteiger partial charge in [-0.3, -0.25) is 14.4 Å². The lowest BCUT2D eigenvalue weighted by atomic mass is 10.1. The molecule has 0 spiro atoms. The largest absolute Gasteiger partial charge is 0.427 e. The lowest BCUT2D eigenvalue weighted by molar-refractivity contribution is -0.131. The van der Waals surface area contributed by atoms with Gasteiger partial charge in [0.2, 0.25) is 0 Å². The van der Waals surface area contributed by atoms with Gasteiger partial charge in [-0.05, 0) is 41.4 Å². The molecule has 6 heteroatoms. The standard InChI is InChI=1S/C10H6Cl2O4/c1-5(13)16-8-3-6(9(11)14)2-7(4-8)10(12)15/h2-4H,1H3. The number of rotatable bonds is 3. The molecule has 84 valence electrons. The molecular weight excluding hydrogens is 255 g/mol. The molecule has 0 saturated heterocycles. The number of hydrogen-bond acceptors (Lipinski definition) is 4. The van der Waals surface area contributed by atoms with Gasteiger partial charge >= 0.3 is 5.97 Å². The fourth-order valence-electron chi connectivity index (χ4n) is 1.05. The first-order valence-corrected chi connectivity index (χ1v) is 4.89. The summed E-state index contributed by atoms with van der Waals surface area (Å²) in [5, 5.41) is -1.54. The molecule has 0 unspecified atom stereocenters. The lowest BCUT2D eigenvalue weighted by Gasteiger charge is -2.04. The van der Waals surface area contributed by atoms with Crippen LogP contribution in [0.1, 0.15) is 27.6 Å². The van der Waals surface area contributed by atoms with E-state index in [1.165, 1.54) is 25.1 Å². The quantitative estimate of drug-likeness (QED) is 0.476. The van der Waals surface area contributed by atoms with E-state index < -0.39 is 16.5 Å². The Morgan fingerprint density at radius 2 is 1.44 bits per heavy atom. The molecule has 0 fully saturated rings. The number of halogens is 2. The Labute approximate surface area is 101 Å². The molecule has 0 aliphatic rings. The highest BCUT2D eigenvalue weighted by atomic mass is 35.5. The van der Waals surface area contributed by atoms with Crippen LogP contribution < -0.4 is 4.74 Å². The van der Waals surface area contributed by atoms with Crippen LogP contribution in [0.5, 0.6) is 5.75 Å². The molecule has 0 heterocycles. The summed E-state index contributed by atoms with van der Waals surface area (Å²) in [4.78, 5) is 32.6. The summed E-state index contributed by atoms with van der Waals surface area (Å²) in [6.45, 7) is 1.19. The van der Waals surface area contributed by atoms with Gasteiger partial charge in [0.15, 0.2) is 0 Å². The molecule has 16 heavy (non-hydrogen) atoms. The zero-order chi connectivity index (χ0) is 12.3. The lowest BCUT2D eigenvalue weighted by Crippen LogP contribution is -2.04. The maximum absolute atomic E-state index is 10.9. The van der Waals surface area contributed by atoms with E-state index in [0.29, 0.717) is 0 Å². The van der Waals surface area contributed by atoms with Gasteiger partial charge in [0.25, 0.3) is 10.5 Å². The average molecular weight is 261 g/mol. The van der Waals surface area contributed by atoms with E-state index in [-0.39, 0.29) is 16.9 Å². The fourth-order valence-corrected chi connectivity index (χ4v) is 1.27. The van der Waals surface area contributed by atoms with E-state index in [0.717, 1.165) is 0 Å². The van der Waals surface area contributed by atoms with E-state index in [2.05, 4.69) is 0 Å². The molecular formula is C10H6Cl2O4. The van der Waals surface area contributed by atoms with Crippen LogP contribution in [0.25, 0.3) is 0 Å². The topological polar surface area (TPSA) is 60.4 Å². The molecule has 0 aliphatic carbocycles. The molecule has 0 amide bonds. The molecule has 4 nitrogen and oxygen atoms in total. The van der Waals surface area contributed by atoms with Crippen molar-refractivity contribution in [2.45, 2.75) is 6.92 Å². The number of benzene rings is 1. The molecule has 0 N–H and O–H groups in total. The Kier molecular flexibility index (Phi) is 4.04. The van der Waals surface area contributed by atoms with Crippen molar-refractivity contribution in [2.24, 2.45) is 0 Å². The molecule has 0 radical (unpaired) electrons. The summed E-state index contributed by atoms with van der Waals surface area (Å²) >= 11 is 10.5. The molecule has 0 aromatic heterocycles. The molecule has 0 saturated carbocycles. The minimum absolute atomic E-state index is 0.0319. The van der Waals surface area contributed by atoms with Gasteiger partial charge in [0, 0.05) is 18.1 Å². The molecule has 1 rings (SSSR count). The predicted octanol–water partition coefficient (Wildman–Crippen LogP) is 2.37. The first-order chi connectivity index (χ1) is 7.40. The van der Waals surface area contributed by atoms with Crippen molar-refractivity contribution in [1.82, 2.24) is 0 Å². The second-order valence-corrected chi connectivity index (χ2v) is 3.57. The van der Waals surface area contributed by atoms with E-state index in [1.54, 1.807) is 0 Å². The minimum Gasteiger partial charge on any atom is -0.427 e. The van der Waals surface area contributed by atoms with Crippen LogP contribution in [0.3, 0.4) is 0 Å². The SMILES string of the molecule is CC(=O)Oc1cc(C(=O)Cl)cc(C(=O)Cl)c1. The number of esters is 1. The zero-order valence-corrected chi connectivity index (χ0v) is 9.63. The first-order valence-electron chi connectivity index (χ1n) is 4.13. The van der Waals surface area contributed by atoms with Gasteiger partial charge < -0.3 is 4.74 Å². The van der Waals surface area contributed by atoms with Gasteiger partial charge in [-0.15, -0.1) is 0 Å². The number of carbonyl (C=O) groups excluding carboxylic acids is 3. The molecule has 0 aliphatic heterocycles. The van der Waals surface area contributed by atoms with Crippen LogP contribution in [0.2, 0.25) is 0 Å². The normalized spacial score (nSPS) is 9.69. The predicted molar refractivity (Wildman–Crippen MR) is 58.1 cm³/mol. The Bertz CT molecular complexity index is 436. The summed E-state index contributed by atoms with van der Waals surface area (Å²) in [7, 11) is 0. The summed E-state index contributed by atoms with van der Waals surface area (Å²) in [5.41, 5.74) is 0.0637. The minimum atomic E-state index is -0.770. The highest BCUT2D eigenvalue weighted by Gasteiger charge is 2.11. The Morgan fingerprint density at radius 1 is 1.00 bits per heavy atom. The van der Waals surface area contributed by atoms with E-state index in [1.807, 2.05) is 0 Å². The highest BCUT2D eigenvalue weighted by Crippen LogP contribution is 2.20. The van der Waals surface area contributed by atoms with Crippen LogP contribution in [-0.2, 0) is 4.79 Å². The number of hydrogen-bond donors (Lipinski definition) is 0. The van der Waals surface area contributed by atoms with Crippen molar-refractivity contribution in [3.63, 3.8) is 0 Å². The van der Waals surface area contributed by atoms with Crippen LogP contribution >= 0.6 is 23.2 Å². The molecule has 1 aromatic carbocycles. The van der Waals surface area contributed by atoms with Gasteiger partial charge in [-0.2, -0.15) is 0 Å². The summed E-state index contributed by atoms with van der Waals surface area (Å²) < 4.78 is 4.74. The van der Waals surface area contributed by atoms with E-state index >= 15 is 0 Å². The summed E-state index contributed by atoms with van der Waals surface area (Å²) in [6.07, 6.45) is 0. The van der Waals surface area contributed by atoms with Crippen molar-refractivity contribution in [1.29, 1.82) is 0 Å². The Hall–Kier alpha value is -1.39. The van der Waals surface area contributed by atoms with Crippen molar-refractivity contribution in [2.75, 3.05) is 0 Å². The number of ether oxygens (including phenoxy) is 1. The maximum Gasteiger partial charge on any atom is 0.308 e. The Morgan fingerprint density at radius 3 is 1.75 bits per heavy atom. The number of carbonyl (C=O) groups is 3. The van der Waals surface area contributed by atoms with E-state index in [9.17, 15) is 14.4 Å². The average Bonchev–Trinajstić information content (AvgIpc) is 2.15. The third-order valence-electron chi connectivity index (χ3n) is 1.62. The molecule has 1 aromatic rings.